The summed E-state index contributed by atoms with van der Waals surface area (Å²) >= 11 is 8.88. The van der Waals surface area contributed by atoms with Gasteiger partial charge in [-0.3, -0.25) is 0 Å². The summed E-state index contributed by atoms with van der Waals surface area (Å²) < 4.78 is 27.4. The molecule has 94 valence electrons. The van der Waals surface area contributed by atoms with Crippen LogP contribution in [0.2, 0.25) is 5.02 Å². The van der Waals surface area contributed by atoms with Crippen LogP contribution >= 0.6 is 27.5 Å². The number of nitrogen functional groups attached to an aromatic ring is 1. The van der Waals surface area contributed by atoms with Crippen LogP contribution in [0.15, 0.2) is 34.8 Å². The molecule has 0 unspecified atom stereocenters. The summed E-state index contributed by atoms with van der Waals surface area (Å²) in [5.41, 5.74) is 6.35. The molecular weight excluding hydrogens is 325 g/mol. The second-order valence-corrected chi connectivity index (χ2v) is 4.93. The lowest BCUT2D eigenvalue weighted by molar-refractivity contribution is 0.629. The Bertz CT molecular complexity index is 605. The Morgan fingerprint density at radius 2 is 1.78 bits per heavy atom. The van der Waals surface area contributed by atoms with Crippen molar-refractivity contribution in [1.82, 2.24) is 0 Å². The van der Waals surface area contributed by atoms with Gasteiger partial charge in [0.15, 0.2) is 0 Å². The Kier molecular flexibility index (Phi) is 3.73. The van der Waals surface area contributed by atoms with Crippen LogP contribution in [0.5, 0.6) is 0 Å². The zero-order valence-electron chi connectivity index (χ0n) is 8.98. The maximum Gasteiger partial charge on any atom is 0.146 e. The van der Waals surface area contributed by atoms with Crippen LogP contribution in [0.25, 0.3) is 0 Å². The van der Waals surface area contributed by atoms with E-state index in [1.807, 2.05) is 0 Å². The largest absolute Gasteiger partial charge is 0.397 e. The molecule has 0 saturated heterocycles. The molecule has 0 atom stereocenters. The lowest BCUT2D eigenvalue weighted by Crippen LogP contribution is -1.99. The molecule has 2 aromatic rings. The fourth-order valence-corrected chi connectivity index (χ4v) is 1.93. The number of halogens is 4. The maximum absolute atomic E-state index is 13.5. The zero-order chi connectivity index (χ0) is 13.3. The zero-order valence-corrected chi connectivity index (χ0v) is 11.3. The van der Waals surface area contributed by atoms with E-state index in [4.69, 9.17) is 17.3 Å². The molecule has 0 aromatic heterocycles. The molecule has 0 heterocycles. The molecule has 0 bridgehead atoms. The summed E-state index contributed by atoms with van der Waals surface area (Å²) in [5.74, 6) is -1.06. The molecule has 0 aliphatic carbocycles. The van der Waals surface area contributed by atoms with E-state index in [-0.39, 0.29) is 16.4 Å². The van der Waals surface area contributed by atoms with Crippen molar-refractivity contribution in [2.45, 2.75) is 0 Å². The molecule has 3 N–H and O–H groups in total. The van der Waals surface area contributed by atoms with E-state index in [0.717, 1.165) is 6.07 Å². The third-order valence-electron chi connectivity index (χ3n) is 2.29. The predicted octanol–water partition coefficient (Wildman–Crippen LogP) is 4.71. The van der Waals surface area contributed by atoms with Gasteiger partial charge in [-0.1, -0.05) is 27.5 Å². The van der Waals surface area contributed by atoms with Crippen LogP contribution in [-0.2, 0) is 0 Å². The first-order valence-electron chi connectivity index (χ1n) is 4.94. The van der Waals surface area contributed by atoms with E-state index in [0.29, 0.717) is 10.2 Å². The van der Waals surface area contributed by atoms with E-state index >= 15 is 0 Å². The normalized spacial score (nSPS) is 10.4. The highest BCUT2D eigenvalue weighted by molar-refractivity contribution is 9.10. The first-order chi connectivity index (χ1) is 8.47. The van der Waals surface area contributed by atoms with Crippen LogP contribution in [0, 0.1) is 11.6 Å². The lowest BCUT2D eigenvalue weighted by atomic mass is 10.2. The van der Waals surface area contributed by atoms with Crippen molar-refractivity contribution in [3.63, 3.8) is 0 Å². The molecule has 0 spiro atoms. The molecular formula is C12H8BrClF2N2. The minimum Gasteiger partial charge on any atom is -0.397 e. The summed E-state index contributed by atoms with van der Waals surface area (Å²) in [5, 5.41) is 2.69. The smallest absolute Gasteiger partial charge is 0.146 e. The summed E-state index contributed by atoms with van der Waals surface area (Å²) in [6.45, 7) is 0. The number of nitrogens with one attached hydrogen (secondary N) is 1. The minimum atomic E-state index is -0.616. The third-order valence-corrected chi connectivity index (χ3v) is 3.07. The van der Waals surface area contributed by atoms with Crippen LogP contribution < -0.4 is 11.1 Å². The fraction of sp³-hybridized carbons (Fsp3) is 0. The predicted molar refractivity (Wildman–Crippen MR) is 73.2 cm³/mol. The van der Waals surface area contributed by atoms with Gasteiger partial charge in [0.25, 0.3) is 0 Å². The topological polar surface area (TPSA) is 38.0 Å². The Morgan fingerprint density at radius 1 is 1.06 bits per heavy atom. The third kappa shape index (κ3) is 2.73. The van der Waals surface area contributed by atoms with E-state index in [2.05, 4.69) is 21.2 Å². The Labute approximate surface area is 116 Å². The Hall–Kier alpha value is -1.33. The van der Waals surface area contributed by atoms with Gasteiger partial charge in [-0.15, -0.1) is 0 Å². The van der Waals surface area contributed by atoms with Gasteiger partial charge in [0.2, 0.25) is 0 Å². The molecule has 2 aromatic carbocycles. The average molecular weight is 334 g/mol. The van der Waals surface area contributed by atoms with E-state index in [9.17, 15) is 8.78 Å². The second-order valence-electron chi connectivity index (χ2n) is 3.60. The highest BCUT2D eigenvalue weighted by Crippen LogP contribution is 2.30. The number of rotatable bonds is 2. The molecule has 0 amide bonds. The van der Waals surface area contributed by atoms with Crippen LogP contribution in [0.4, 0.5) is 25.8 Å². The number of hydrogen-bond acceptors (Lipinski definition) is 2. The quantitative estimate of drug-likeness (QED) is 0.781. The van der Waals surface area contributed by atoms with Crippen molar-refractivity contribution in [3.8, 4) is 0 Å². The minimum absolute atomic E-state index is 0.0814. The van der Waals surface area contributed by atoms with Gasteiger partial charge in [0.05, 0.1) is 22.1 Å². The molecule has 0 fully saturated rings. The van der Waals surface area contributed by atoms with E-state index < -0.39 is 11.6 Å². The van der Waals surface area contributed by atoms with Crippen molar-refractivity contribution in [2.24, 2.45) is 0 Å². The van der Waals surface area contributed by atoms with Crippen molar-refractivity contribution in [3.05, 3.63) is 51.5 Å². The van der Waals surface area contributed by atoms with Gasteiger partial charge >= 0.3 is 0 Å². The standard InChI is InChI=1S/C12H8BrClF2N2/c13-6-1-2-8(15)11(3-6)18-12-4-7(14)9(16)5-10(12)17/h1-5,18H,17H2. The summed E-state index contributed by atoms with van der Waals surface area (Å²) in [7, 11) is 0. The monoisotopic (exact) mass is 332 g/mol. The molecule has 2 nitrogen and oxygen atoms in total. The van der Waals surface area contributed by atoms with Gasteiger partial charge in [-0.2, -0.15) is 0 Å². The summed E-state index contributed by atoms with van der Waals surface area (Å²) in [4.78, 5) is 0. The van der Waals surface area contributed by atoms with Crippen molar-refractivity contribution < 1.29 is 8.78 Å². The number of anilines is 3. The van der Waals surface area contributed by atoms with Crippen LogP contribution in [0.1, 0.15) is 0 Å². The van der Waals surface area contributed by atoms with E-state index in [1.54, 1.807) is 12.1 Å². The summed E-state index contributed by atoms with van der Waals surface area (Å²) in [6, 6.07) is 6.81. The number of nitrogens with two attached hydrogens (primary N) is 1. The molecule has 6 heteroatoms. The van der Waals surface area contributed by atoms with Crippen LogP contribution in [0.3, 0.4) is 0 Å². The van der Waals surface area contributed by atoms with Crippen LogP contribution in [-0.4, -0.2) is 0 Å². The van der Waals surface area contributed by atoms with Crippen molar-refractivity contribution in [1.29, 1.82) is 0 Å². The SMILES string of the molecule is Nc1cc(F)c(Cl)cc1Nc1cc(Br)ccc1F. The van der Waals surface area contributed by atoms with Crippen molar-refractivity contribution in [2.75, 3.05) is 11.1 Å². The lowest BCUT2D eigenvalue weighted by Gasteiger charge is -2.11. The highest BCUT2D eigenvalue weighted by Gasteiger charge is 2.09. The van der Waals surface area contributed by atoms with Crippen molar-refractivity contribution >= 4 is 44.6 Å². The Morgan fingerprint density at radius 3 is 2.50 bits per heavy atom. The molecule has 0 radical (unpaired) electrons. The molecule has 0 aliphatic rings. The first-order valence-corrected chi connectivity index (χ1v) is 6.11. The molecule has 0 saturated carbocycles. The second kappa shape index (κ2) is 5.12. The maximum atomic E-state index is 13.5. The highest BCUT2D eigenvalue weighted by atomic mass is 79.9. The fourth-order valence-electron chi connectivity index (χ4n) is 1.41. The van der Waals surface area contributed by atoms with Gasteiger partial charge in [0, 0.05) is 10.5 Å². The van der Waals surface area contributed by atoms with E-state index in [1.165, 1.54) is 12.1 Å². The molecule has 2 rings (SSSR count). The van der Waals surface area contributed by atoms with Gasteiger partial charge < -0.3 is 11.1 Å². The van der Waals surface area contributed by atoms with Gasteiger partial charge in [-0.05, 0) is 24.3 Å². The first kappa shape index (κ1) is 13.1. The molecule has 0 aliphatic heterocycles. The van der Waals surface area contributed by atoms with Gasteiger partial charge in [0.1, 0.15) is 11.6 Å². The molecule has 18 heavy (non-hydrogen) atoms. The Balaban J connectivity index is 2.40. The summed E-state index contributed by atoms with van der Waals surface area (Å²) in [6.07, 6.45) is 0. The van der Waals surface area contributed by atoms with Gasteiger partial charge in [-0.25, -0.2) is 8.78 Å². The number of hydrogen-bond donors (Lipinski definition) is 2. The number of benzene rings is 2. The average Bonchev–Trinajstić information content (AvgIpc) is 2.30.